The molecular weight excluding hydrogens is 360 g/mol. The summed E-state index contributed by atoms with van der Waals surface area (Å²) in [7, 11) is 0. The van der Waals surface area contributed by atoms with Crippen molar-refractivity contribution >= 4 is 12.3 Å². The largest absolute Gasteiger partial charge is 0.342 e. The Labute approximate surface area is 178 Å². The molecule has 4 nitrogen and oxygen atoms in total. The number of amides is 2. The second-order valence-electron chi connectivity index (χ2n) is 8.87. The summed E-state index contributed by atoms with van der Waals surface area (Å²) in [5.74, 6) is 0.630. The molecule has 0 saturated carbocycles. The predicted molar refractivity (Wildman–Crippen MR) is 123 cm³/mol. The molecule has 0 aromatic heterocycles. The van der Waals surface area contributed by atoms with Crippen molar-refractivity contribution < 1.29 is 9.59 Å². The summed E-state index contributed by atoms with van der Waals surface area (Å²) in [6.45, 7) is 13.6. The maximum atomic E-state index is 12.4. The van der Waals surface area contributed by atoms with Crippen LogP contribution in [-0.4, -0.2) is 48.3 Å². The van der Waals surface area contributed by atoms with Crippen LogP contribution in [0.15, 0.2) is 34.9 Å². The fourth-order valence-corrected chi connectivity index (χ4v) is 3.56. The van der Waals surface area contributed by atoms with E-state index in [0.717, 1.165) is 44.9 Å². The maximum absolute atomic E-state index is 12.4. The van der Waals surface area contributed by atoms with Crippen LogP contribution in [0.5, 0.6) is 0 Å². The van der Waals surface area contributed by atoms with E-state index in [9.17, 15) is 9.59 Å². The van der Waals surface area contributed by atoms with Crippen LogP contribution >= 0.6 is 0 Å². The van der Waals surface area contributed by atoms with E-state index in [1.54, 1.807) is 4.90 Å². The molecule has 0 aliphatic carbocycles. The normalized spacial score (nSPS) is 16.6. The van der Waals surface area contributed by atoms with Crippen molar-refractivity contribution in [2.24, 2.45) is 5.92 Å². The molecule has 1 heterocycles. The molecule has 1 rings (SSSR count). The summed E-state index contributed by atoms with van der Waals surface area (Å²) in [4.78, 5) is 26.8. The highest BCUT2D eigenvalue weighted by Gasteiger charge is 2.21. The van der Waals surface area contributed by atoms with E-state index in [4.69, 9.17) is 0 Å². The molecule has 0 N–H and O–H groups in total. The van der Waals surface area contributed by atoms with Gasteiger partial charge in [0, 0.05) is 32.6 Å². The Morgan fingerprint density at radius 3 is 1.97 bits per heavy atom. The zero-order chi connectivity index (χ0) is 21.6. The topological polar surface area (TPSA) is 40.6 Å². The monoisotopic (exact) mass is 402 g/mol. The smallest absolute Gasteiger partial charge is 0.222 e. The van der Waals surface area contributed by atoms with Gasteiger partial charge in [0.15, 0.2) is 0 Å². The number of hydrogen-bond donors (Lipinski definition) is 0. The van der Waals surface area contributed by atoms with Crippen LogP contribution in [0.4, 0.5) is 0 Å². The standard InChI is InChI=1S/C25H42N2O2/c1-21(2)9-6-10-22(3)11-7-12-23(4)13-8-14-24(5)19-25(29)27-17-15-26(20-28)16-18-27/h9,11,13,20,24H,6-8,10,12,14-19H2,1-5H3/b22-11+,23-13+. The zero-order valence-corrected chi connectivity index (χ0v) is 19.4. The molecule has 1 aliphatic heterocycles. The second-order valence-corrected chi connectivity index (χ2v) is 8.87. The van der Waals surface area contributed by atoms with Gasteiger partial charge in [-0.3, -0.25) is 9.59 Å². The van der Waals surface area contributed by atoms with Crippen molar-refractivity contribution in [3.8, 4) is 0 Å². The van der Waals surface area contributed by atoms with Crippen LogP contribution < -0.4 is 0 Å². The van der Waals surface area contributed by atoms with Crippen LogP contribution in [0.3, 0.4) is 0 Å². The van der Waals surface area contributed by atoms with Gasteiger partial charge in [0.05, 0.1) is 0 Å². The lowest BCUT2D eigenvalue weighted by atomic mass is 9.99. The van der Waals surface area contributed by atoms with Crippen molar-refractivity contribution in [2.75, 3.05) is 26.2 Å². The Kier molecular flexibility index (Phi) is 12.3. The van der Waals surface area contributed by atoms with Gasteiger partial charge in [0.2, 0.25) is 12.3 Å². The molecule has 1 saturated heterocycles. The van der Waals surface area contributed by atoms with Gasteiger partial charge in [-0.1, -0.05) is 41.9 Å². The number of hydrogen-bond acceptors (Lipinski definition) is 2. The van der Waals surface area contributed by atoms with Gasteiger partial charge in [-0.05, 0) is 72.1 Å². The summed E-state index contributed by atoms with van der Waals surface area (Å²) >= 11 is 0. The average Bonchev–Trinajstić information content (AvgIpc) is 2.67. The van der Waals surface area contributed by atoms with E-state index in [1.807, 2.05) is 4.90 Å². The Morgan fingerprint density at radius 2 is 1.41 bits per heavy atom. The molecule has 4 heteroatoms. The molecule has 0 aromatic carbocycles. The summed E-state index contributed by atoms with van der Waals surface area (Å²) in [6, 6.07) is 0. The molecule has 164 valence electrons. The number of nitrogens with zero attached hydrogens (tertiary/aromatic N) is 2. The Bertz CT molecular complexity index is 592. The van der Waals surface area contributed by atoms with E-state index in [0.29, 0.717) is 38.5 Å². The lowest BCUT2D eigenvalue weighted by Crippen LogP contribution is -2.48. The minimum absolute atomic E-state index is 0.234. The number of carbonyl (C=O) groups is 2. The van der Waals surface area contributed by atoms with E-state index in [2.05, 4.69) is 52.8 Å². The highest BCUT2D eigenvalue weighted by Crippen LogP contribution is 2.16. The van der Waals surface area contributed by atoms with Gasteiger partial charge >= 0.3 is 0 Å². The predicted octanol–water partition coefficient (Wildman–Crippen LogP) is 5.51. The molecule has 29 heavy (non-hydrogen) atoms. The van der Waals surface area contributed by atoms with E-state index in [-0.39, 0.29) is 5.91 Å². The van der Waals surface area contributed by atoms with Crippen molar-refractivity contribution in [2.45, 2.75) is 79.6 Å². The molecule has 2 amide bonds. The van der Waals surface area contributed by atoms with Crippen molar-refractivity contribution in [1.29, 1.82) is 0 Å². The highest BCUT2D eigenvalue weighted by molar-refractivity contribution is 5.76. The molecule has 0 spiro atoms. The number of rotatable bonds is 12. The van der Waals surface area contributed by atoms with Crippen LogP contribution in [0.1, 0.15) is 79.6 Å². The minimum atomic E-state index is 0.234. The fourth-order valence-electron chi connectivity index (χ4n) is 3.56. The average molecular weight is 403 g/mol. The SMILES string of the molecule is CC(C)=CCC/C(C)=C/CC/C(C)=C/CCC(C)CC(=O)N1CCN(C=O)CC1. The quantitative estimate of drug-likeness (QED) is 0.319. The van der Waals surface area contributed by atoms with Crippen molar-refractivity contribution in [3.63, 3.8) is 0 Å². The van der Waals surface area contributed by atoms with Gasteiger partial charge < -0.3 is 9.80 Å². The van der Waals surface area contributed by atoms with Crippen LogP contribution in [0, 0.1) is 5.92 Å². The number of piperazine rings is 1. The van der Waals surface area contributed by atoms with Gasteiger partial charge in [0.1, 0.15) is 0 Å². The molecule has 1 unspecified atom stereocenters. The third kappa shape index (κ3) is 11.7. The van der Waals surface area contributed by atoms with E-state index < -0.39 is 0 Å². The first-order valence-electron chi connectivity index (χ1n) is 11.2. The summed E-state index contributed by atoms with van der Waals surface area (Å²) < 4.78 is 0. The third-order valence-corrected chi connectivity index (χ3v) is 5.61. The Balaban J connectivity index is 2.22. The summed E-state index contributed by atoms with van der Waals surface area (Å²) in [5, 5.41) is 0. The number of carbonyl (C=O) groups excluding carboxylic acids is 2. The summed E-state index contributed by atoms with van der Waals surface area (Å²) in [5.41, 5.74) is 4.33. The first-order valence-corrected chi connectivity index (χ1v) is 11.2. The van der Waals surface area contributed by atoms with Crippen LogP contribution in [-0.2, 0) is 9.59 Å². The Hall–Kier alpha value is -1.84. The van der Waals surface area contributed by atoms with Gasteiger partial charge in [0.25, 0.3) is 0 Å². The first-order chi connectivity index (χ1) is 13.8. The van der Waals surface area contributed by atoms with Crippen LogP contribution in [0.2, 0.25) is 0 Å². The molecule has 1 atom stereocenters. The zero-order valence-electron chi connectivity index (χ0n) is 19.4. The molecule has 1 fully saturated rings. The minimum Gasteiger partial charge on any atom is -0.342 e. The van der Waals surface area contributed by atoms with Crippen molar-refractivity contribution in [3.05, 3.63) is 34.9 Å². The molecular formula is C25H42N2O2. The molecule has 0 aromatic rings. The molecule has 0 radical (unpaired) electrons. The number of allylic oxidation sites excluding steroid dienone is 6. The summed E-state index contributed by atoms with van der Waals surface area (Å²) in [6.07, 6.45) is 15.1. The fraction of sp³-hybridized carbons (Fsp3) is 0.680. The van der Waals surface area contributed by atoms with Crippen molar-refractivity contribution in [1.82, 2.24) is 9.80 Å². The lowest BCUT2D eigenvalue weighted by Gasteiger charge is -2.33. The third-order valence-electron chi connectivity index (χ3n) is 5.61. The van der Waals surface area contributed by atoms with Gasteiger partial charge in [-0.25, -0.2) is 0 Å². The first kappa shape index (κ1) is 25.2. The molecule has 1 aliphatic rings. The lowest BCUT2D eigenvalue weighted by molar-refractivity contribution is -0.136. The highest BCUT2D eigenvalue weighted by atomic mass is 16.2. The maximum Gasteiger partial charge on any atom is 0.222 e. The second kappa shape index (κ2) is 14.2. The molecule has 0 bridgehead atoms. The van der Waals surface area contributed by atoms with Gasteiger partial charge in [-0.15, -0.1) is 0 Å². The Morgan fingerprint density at radius 1 is 0.862 bits per heavy atom. The van der Waals surface area contributed by atoms with Gasteiger partial charge in [-0.2, -0.15) is 0 Å². The van der Waals surface area contributed by atoms with E-state index >= 15 is 0 Å². The van der Waals surface area contributed by atoms with Crippen LogP contribution in [0.25, 0.3) is 0 Å². The van der Waals surface area contributed by atoms with E-state index in [1.165, 1.54) is 16.7 Å².